The Kier molecular flexibility index (Phi) is 6.49. The number of carbonyl (C=O) groups excluding carboxylic acids is 4. The van der Waals surface area contributed by atoms with Crippen molar-refractivity contribution in [1.82, 2.24) is 9.13 Å². The molecule has 0 fully saturated rings. The van der Waals surface area contributed by atoms with Crippen LogP contribution in [0.25, 0.3) is 65.8 Å². The zero-order valence-electron chi connectivity index (χ0n) is 30.6. The first-order valence-electron chi connectivity index (χ1n) is 19.0. The predicted molar refractivity (Wildman–Crippen MR) is 228 cm³/mol. The van der Waals surface area contributed by atoms with Gasteiger partial charge in [0.15, 0.2) is 0 Å². The number of aromatic nitrogens is 2. The molecule has 4 heterocycles. The molecule has 2 aromatic heterocycles. The average Bonchev–Trinajstić information content (AvgIpc) is 3.79. The van der Waals surface area contributed by atoms with Crippen molar-refractivity contribution in [1.29, 1.82) is 0 Å². The van der Waals surface area contributed by atoms with Crippen LogP contribution in [-0.2, 0) is 0 Å². The van der Waals surface area contributed by atoms with Crippen molar-refractivity contribution in [3.8, 4) is 11.4 Å². The normalized spacial score (nSPS) is 13.9. The molecule has 272 valence electrons. The van der Waals surface area contributed by atoms with Crippen LogP contribution in [0.15, 0.2) is 170 Å². The van der Waals surface area contributed by atoms with Crippen LogP contribution in [0.2, 0.25) is 0 Å². The van der Waals surface area contributed by atoms with Crippen LogP contribution in [0.5, 0.6) is 0 Å². The summed E-state index contributed by atoms with van der Waals surface area (Å²) in [4.78, 5) is 59.4. The van der Waals surface area contributed by atoms with Gasteiger partial charge in [-0.05, 0) is 97.1 Å². The van der Waals surface area contributed by atoms with Crippen molar-refractivity contribution in [3.05, 3.63) is 192 Å². The summed E-state index contributed by atoms with van der Waals surface area (Å²) >= 11 is 0. The van der Waals surface area contributed by atoms with Crippen LogP contribution in [0.4, 0.5) is 11.4 Å². The molecule has 2 aliphatic heterocycles. The fourth-order valence-electron chi connectivity index (χ4n) is 9.25. The fourth-order valence-corrected chi connectivity index (χ4v) is 9.25. The Bertz CT molecular complexity index is 3080. The maximum absolute atomic E-state index is 14.3. The van der Waals surface area contributed by atoms with Gasteiger partial charge in [0.05, 0.1) is 33.4 Å². The lowest BCUT2D eigenvalue weighted by atomic mass is 9.85. The number of hydrogen-bond donors (Lipinski definition) is 0. The van der Waals surface area contributed by atoms with Crippen LogP contribution in [0.3, 0.4) is 0 Å². The van der Waals surface area contributed by atoms with E-state index in [1.165, 1.54) is 9.80 Å². The molecule has 8 aromatic carbocycles. The maximum atomic E-state index is 14.3. The largest absolute Gasteiger partial charge is 0.309 e. The monoisotopic (exact) mass is 748 g/mol. The molecule has 8 heteroatoms. The highest BCUT2D eigenvalue weighted by Gasteiger charge is 2.40. The third-order valence-corrected chi connectivity index (χ3v) is 11.8. The second-order valence-electron chi connectivity index (χ2n) is 14.7. The highest BCUT2D eigenvalue weighted by molar-refractivity contribution is 6.42. The molecule has 0 spiro atoms. The predicted octanol–water partition coefficient (Wildman–Crippen LogP) is 10.6. The van der Waals surface area contributed by atoms with Gasteiger partial charge >= 0.3 is 0 Å². The first-order chi connectivity index (χ1) is 28.5. The minimum atomic E-state index is -0.520. The van der Waals surface area contributed by atoms with E-state index in [-0.39, 0.29) is 22.3 Å². The minimum absolute atomic E-state index is 0.256. The molecular weight excluding hydrogens is 721 g/mol. The molecule has 0 bridgehead atoms. The van der Waals surface area contributed by atoms with E-state index in [0.29, 0.717) is 22.1 Å². The SMILES string of the molecule is O=C1c2ccc3c4c(ccc(c24)C(=O)N1c1ccc(-n2c4ccccc4c4ccccc42)cc1)C(=O)N(c1ccc(-n2c4ccccc4c4ccccc42)cc1)C3=O. The van der Waals surface area contributed by atoms with E-state index in [2.05, 4.69) is 57.7 Å². The Hall–Kier alpha value is -8.10. The number of anilines is 2. The molecule has 12 rings (SSSR count). The number of imide groups is 2. The van der Waals surface area contributed by atoms with Gasteiger partial charge in [-0.3, -0.25) is 19.2 Å². The van der Waals surface area contributed by atoms with Crippen molar-refractivity contribution in [3.63, 3.8) is 0 Å². The Morgan fingerprint density at radius 2 is 0.500 bits per heavy atom. The highest BCUT2D eigenvalue weighted by atomic mass is 16.2. The third kappa shape index (κ3) is 4.23. The van der Waals surface area contributed by atoms with Gasteiger partial charge in [0, 0.05) is 65.9 Å². The molecular formula is C50H28N4O4. The Balaban J connectivity index is 0.897. The first kappa shape index (κ1) is 32.2. The molecule has 2 aliphatic rings. The van der Waals surface area contributed by atoms with Crippen LogP contribution in [0.1, 0.15) is 41.4 Å². The summed E-state index contributed by atoms with van der Waals surface area (Å²) in [5.41, 5.74) is 7.84. The zero-order chi connectivity index (χ0) is 38.8. The van der Waals surface area contributed by atoms with E-state index in [4.69, 9.17) is 0 Å². The van der Waals surface area contributed by atoms with Gasteiger partial charge in [-0.1, -0.05) is 72.8 Å². The molecule has 4 amide bonds. The van der Waals surface area contributed by atoms with Crippen molar-refractivity contribution < 1.29 is 19.2 Å². The van der Waals surface area contributed by atoms with Crippen LogP contribution in [-0.4, -0.2) is 32.8 Å². The molecule has 0 saturated heterocycles. The lowest BCUT2D eigenvalue weighted by molar-refractivity contribution is 0.0873. The summed E-state index contributed by atoms with van der Waals surface area (Å²) < 4.78 is 4.34. The van der Waals surface area contributed by atoms with Crippen molar-refractivity contribution in [2.45, 2.75) is 0 Å². The van der Waals surface area contributed by atoms with Crippen molar-refractivity contribution >= 4 is 89.4 Å². The van der Waals surface area contributed by atoms with Gasteiger partial charge in [-0.2, -0.15) is 0 Å². The Labute approximate surface area is 330 Å². The van der Waals surface area contributed by atoms with Gasteiger partial charge in [-0.25, -0.2) is 9.80 Å². The summed E-state index contributed by atoms with van der Waals surface area (Å²) in [5, 5.41) is 5.18. The van der Waals surface area contributed by atoms with Gasteiger partial charge in [0.2, 0.25) is 0 Å². The topological polar surface area (TPSA) is 84.6 Å². The second kappa shape index (κ2) is 11.7. The van der Waals surface area contributed by atoms with Gasteiger partial charge in [0.1, 0.15) is 0 Å². The number of carbonyl (C=O) groups is 4. The molecule has 0 saturated carbocycles. The number of hydrogen-bond acceptors (Lipinski definition) is 4. The van der Waals surface area contributed by atoms with E-state index in [0.717, 1.165) is 55.0 Å². The molecule has 0 radical (unpaired) electrons. The van der Waals surface area contributed by atoms with Gasteiger partial charge in [0.25, 0.3) is 23.6 Å². The van der Waals surface area contributed by atoms with E-state index in [9.17, 15) is 19.2 Å². The summed E-state index contributed by atoms with van der Waals surface area (Å²) in [6.07, 6.45) is 0. The van der Waals surface area contributed by atoms with Crippen molar-refractivity contribution in [2.75, 3.05) is 9.80 Å². The molecule has 0 atom stereocenters. The second-order valence-corrected chi connectivity index (χ2v) is 14.7. The van der Waals surface area contributed by atoms with Crippen molar-refractivity contribution in [2.24, 2.45) is 0 Å². The minimum Gasteiger partial charge on any atom is -0.309 e. The lowest BCUT2D eigenvalue weighted by Crippen LogP contribution is -2.43. The fraction of sp³-hybridized carbons (Fsp3) is 0. The maximum Gasteiger partial charge on any atom is 0.265 e. The van der Waals surface area contributed by atoms with Crippen LogP contribution >= 0.6 is 0 Å². The van der Waals surface area contributed by atoms with Crippen LogP contribution in [0, 0.1) is 0 Å². The summed E-state index contributed by atoms with van der Waals surface area (Å²) in [6, 6.07) is 54.0. The molecule has 58 heavy (non-hydrogen) atoms. The third-order valence-electron chi connectivity index (χ3n) is 11.8. The Morgan fingerprint density at radius 3 is 0.776 bits per heavy atom. The van der Waals surface area contributed by atoms with E-state index < -0.39 is 23.6 Å². The van der Waals surface area contributed by atoms with E-state index in [1.807, 2.05) is 72.8 Å². The molecule has 0 N–H and O–H groups in total. The molecule has 10 aromatic rings. The highest BCUT2D eigenvalue weighted by Crippen LogP contribution is 2.41. The zero-order valence-corrected chi connectivity index (χ0v) is 30.6. The Morgan fingerprint density at radius 1 is 0.259 bits per heavy atom. The first-order valence-corrected chi connectivity index (χ1v) is 19.0. The lowest BCUT2D eigenvalue weighted by Gasteiger charge is -2.32. The summed E-state index contributed by atoms with van der Waals surface area (Å²) in [7, 11) is 0. The average molecular weight is 749 g/mol. The van der Waals surface area contributed by atoms with Gasteiger partial charge in [-0.15, -0.1) is 0 Å². The molecule has 8 nitrogen and oxygen atoms in total. The smallest absolute Gasteiger partial charge is 0.265 e. The number of amides is 4. The standard InChI is InChI=1S/C50H28N4O4/c55-47-37-25-27-39-46-40(50(58)54(49(39)57)32-23-19-30(20-24-32)52-43-15-7-3-11-35(43)36-12-4-8-16-44(36)52)28-26-38(45(37)46)48(56)53(47)31-21-17-29(18-22-31)51-41-13-5-1-9-33(41)34-10-2-6-14-42(34)51/h1-28H. The van der Waals surface area contributed by atoms with Gasteiger partial charge < -0.3 is 9.13 Å². The number of benzene rings is 8. The summed E-state index contributed by atoms with van der Waals surface area (Å²) in [6.45, 7) is 0. The number of fused-ring (bicyclic) bond motifs is 6. The number of nitrogens with zero attached hydrogens (tertiary/aromatic N) is 4. The molecule has 0 unspecified atom stereocenters. The van der Waals surface area contributed by atoms with E-state index in [1.54, 1.807) is 48.5 Å². The number of para-hydroxylation sites is 4. The molecule has 0 aliphatic carbocycles. The van der Waals surface area contributed by atoms with Crippen LogP contribution < -0.4 is 9.80 Å². The quantitative estimate of drug-likeness (QED) is 0.168. The van der Waals surface area contributed by atoms with E-state index >= 15 is 0 Å². The summed E-state index contributed by atoms with van der Waals surface area (Å²) in [5.74, 6) is -2.08. The number of rotatable bonds is 4.